The van der Waals surface area contributed by atoms with E-state index in [0.29, 0.717) is 5.56 Å². The van der Waals surface area contributed by atoms with E-state index in [0.717, 1.165) is 16.7 Å². The Morgan fingerprint density at radius 3 is 1.89 bits per heavy atom. The van der Waals surface area contributed by atoms with Crippen LogP contribution in [0.25, 0.3) is 11.1 Å². The summed E-state index contributed by atoms with van der Waals surface area (Å²) in [6.45, 7) is 6.95. The smallest absolute Gasteiger partial charge is 0.261 e. The Hall–Kier alpha value is -3.67. The lowest BCUT2D eigenvalue weighted by Gasteiger charge is -2.43. The molecule has 0 radical (unpaired) electrons. The number of hydrogen-bond donors (Lipinski definition) is 2. The first-order valence-electron chi connectivity index (χ1n) is 11.7. The standard InChI is InChI=1S/C30H31NO3Si/c1-30(2,3)35(24-12-6-4-7-13-24,25-14-8-5-9-15-25)34-21-22-20-23(32)18-19-26(22)27-16-10-11-17-28(27)29(31)33/h4-20,32H,21H2,1-3H3,(H2,31,33). The Kier molecular flexibility index (Phi) is 6.92. The number of hydrogen-bond acceptors (Lipinski definition) is 3. The molecule has 0 heterocycles. The van der Waals surface area contributed by atoms with Gasteiger partial charge < -0.3 is 15.3 Å². The molecule has 178 valence electrons. The maximum absolute atomic E-state index is 12.1. The molecule has 5 heteroatoms. The van der Waals surface area contributed by atoms with Crippen LogP contribution in [-0.2, 0) is 11.0 Å². The third-order valence-electron chi connectivity index (χ3n) is 6.43. The summed E-state index contributed by atoms with van der Waals surface area (Å²) in [4.78, 5) is 12.1. The average molecular weight is 482 g/mol. The highest BCUT2D eigenvalue weighted by atomic mass is 28.4. The van der Waals surface area contributed by atoms with Gasteiger partial charge in [0.1, 0.15) is 5.75 Å². The van der Waals surface area contributed by atoms with Gasteiger partial charge in [-0.1, -0.05) is 106 Å². The third-order valence-corrected chi connectivity index (χ3v) is 11.4. The lowest BCUT2D eigenvalue weighted by atomic mass is 9.95. The van der Waals surface area contributed by atoms with Gasteiger partial charge in [0.2, 0.25) is 5.91 Å². The summed E-state index contributed by atoms with van der Waals surface area (Å²) in [5.74, 6) is -0.348. The van der Waals surface area contributed by atoms with Gasteiger partial charge in [0.05, 0.1) is 6.61 Å². The van der Waals surface area contributed by atoms with Gasteiger partial charge in [-0.05, 0) is 50.3 Å². The fraction of sp³-hybridized carbons (Fsp3) is 0.167. The number of carbonyl (C=O) groups is 1. The summed E-state index contributed by atoms with van der Waals surface area (Å²) in [6.07, 6.45) is 0. The molecule has 4 aromatic carbocycles. The van der Waals surface area contributed by atoms with Crippen molar-refractivity contribution >= 4 is 24.6 Å². The summed E-state index contributed by atoms with van der Waals surface area (Å²) in [6, 6.07) is 33.3. The molecular weight excluding hydrogens is 450 g/mol. The Bertz CT molecular complexity index is 1280. The second-order valence-electron chi connectivity index (χ2n) is 9.70. The lowest BCUT2D eigenvalue weighted by Crippen LogP contribution is -2.66. The molecule has 4 nitrogen and oxygen atoms in total. The molecule has 0 aromatic heterocycles. The molecular formula is C30H31NO3Si. The number of nitrogens with two attached hydrogens (primary N) is 1. The zero-order chi connectivity index (χ0) is 25.1. The largest absolute Gasteiger partial charge is 0.508 e. The van der Waals surface area contributed by atoms with Gasteiger partial charge in [0.25, 0.3) is 8.32 Å². The number of benzene rings is 4. The molecule has 35 heavy (non-hydrogen) atoms. The average Bonchev–Trinajstić information content (AvgIpc) is 2.85. The van der Waals surface area contributed by atoms with Crippen molar-refractivity contribution in [3.63, 3.8) is 0 Å². The second-order valence-corrected chi connectivity index (χ2v) is 14.0. The minimum atomic E-state index is -2.78. The molecule has 0 fully saturated rings. The van der Waals surface area contributed by atoms with Crippen LogP contribution in [0.5, 0.6) is 5.75 Å². The first-order chi connectivity index (χ1) is 16.7. The Morgan fingerprint density at radius 1 is 0.800 bits per heavy atom. The number of carbonyl (C=O) groups excluding carboxylic acids is 1. The van der Waals surface area contributed by atoms with Crippen molar-refractivity contribution in [1.29, 1.82) is 0 Å². The summed E-state index contributed by atoms with van der Waals surface area (Å²) in [7, 11) is -2.78. The molecule has 1 amide bonds. The van der Waals surface area contributed by atoms with E-state index in [1.54, 1.807) is 24.3 Å². The molecule has 0 unspecified atom stereocenters. The van der Waals surface area contributed by atoms with E-state index in [-0.39, 0.29) is 17.4 Å². The Morgan fingerprint density at radius 2 is 1.34 bits per heavy atom. The monoisotopic (exact) mass is 481 g/mol. The normalized spacial score (nSPS) is 11.9. The van der Waals surface area contributed by atoms with Crippen LogP contribution in [0.2, 0.25) is 5.04 Å². The molecule has 0 bridgehead atoms. The Balaban J connectivity index is 1.86. The number of phenolic OH excluding ortho intramolecular Hbond substituents is 1. The highest BCUT2D eigenvalue weighted by Gasteiger charge is 2.50. The molecule has 4 rings (SSSR count). The van der Waals surface area contributed by atoms with Gasteiger partial charge in [-0.2, -0.15) is 0 Å². The number of amides is 1. The first-order valence-corrected chi connectivity index (χ1v) is 13.6. The maximum atomic E-state index is 12.1. The quantitative estimate of drug-likeness (QED) is 0.355. The summed E-state index contributed by atoms with van der Waals surface area (Å²) >= 11 is 0. The molecule has 0 saturated heterocycles. The van der Waals surface area contributed by atoms with Crippen molar-refractivity contribution in [2.75, 3.05) is 0 Å². The van der Waals surface area contributed by atoms with Crippen LogP contribution in [0, 0.1) is 0 Å². The molecule has 0 saturated carbocycles. The van der Waals surface area contributed by atoms with E-state index in [9.17, 15) is 9.90 Å². The number of phenols is 1. The zero-order valence-corrected chi connectivity index (χ0v) is 21.4. The van der Waals surface area contributed by atoms with Gasteiger partial charge in [-0.3, -0.25) is 4.79 Å². The maximum Gasteiger partial charge on any atom is 0.261 e. The summed E-state index contributed by atoms with van der Waals surface area (Å²) in [5, 5.41) is 12.5. The van der Waals surface area contributed by atoms with Gasteiger partial charge >= 0.3 is 0 Å². The van der Waals surface area contributed by atoms with Gasteiger partial charge in [0, 0.05) is 5.56 Å². The summed E-state index contributed by atoms with van der Waals surface area (Å²) in [5.41, 5.74) is 8.44. The van der Waals surface area contributed by atoms with E-state index in [2.05, 4.69) is 69.3 Å². The lowest BCUT2D eigenvalue weighted by molar-refractivity contribution is 0.100. The minimum absolute atomic E-state index is 0.145. The van der Waals surface area contributed by atoms with E-state index in [4.69, 9.17) is 10.2 Å². The molecule has 3 N–H and O–H groups in total. The highest BCUT2D eigenvalue weighted by molar-refractivity contribution is 6.99. The molecule has 0 aliphatic carbocycles. The topological polar surface area (TPSA) is 72.6 Å². The molecule has 0 aliphatic heterocycles. The predicted molar refractivity (Wildman–Crippen MR) is 144 cm³/mol. The fourth-order valence-electron chi connectivity index (χ4n) is 4.84. The van der Waals surface area contributed by atoms with Gasteiger partial charge in [0.15, 0.2) is 0 Å². The van der Waals surface area contributed by atoms with E-state index in [1.165, 1.54) is 10.4 Å². The molecule has 4 aromatic rings. The highest BCUT2D eigenvalue weighted by Crippen LogP contribution is 2.38. The second kappa shape index (κ2) is 9.90. The fourth-order valence-corrected chi connectivity index (χ4v) is 9.37. The van der Waals surface area contributed by atoms with Crippen molar-refractivity contribution in [2.45, 2.75) is 32.4 Å². The van der Waals surface area contributed by atoms with Crippen LogP contribution in [0.3, 0.4) is 0 Å². The van der Waals surface area contributed by atoms with Crippen molar-refractivity contribution < 1.29 is 14.3 Å². The number of aromatic hydroxyl groups is 1. The van der Waals surface area contributed by atoms with Crippen LogP contribution in [0.1, 0.15) is 36.7 Å². The van der Waals surface area contributed by atoms with E-state index in [1.807, 2.05) is 30.3 Å². The predicted octanol–water partition coefficient (Wildman–Crippen LogP) is 5.23. The van der Waals surface area contributed by atoms with Crippen LogP contribution in [-0.4, -0.2) is 19.3 Å². The van der Waals surface area contributed by atoms with Crippen molar-refractivity contribution in [3.8, 4) is 16.9 Å². The summed E-state index contributed by atoms with van der Waals surface area (Å²) < 4.78 is 7.08. The molecule has 0 atom stereocenters. The van der Waals surface area contributed by atoms with Crippen molar-refractivity contribution in [1.82, 2.24) is 0 Å². The van der Waals surface area contributed by atoms with Gasteiger partial charge in [-0.15, -0.1) is 0 Å². The third kappa shape index (κ3) is 4.78. The SMILES string of the molecule is CC(C)(C)[Si](OCc1cc(O)ccc1-c1ccccc1C(N)=O)(c1ccccc1)c1ccccc1. The molecule has 0 aliphatic rings. The molecule has 0 spiro atoms. The van der Waals surface area contributed by atoms with Crippen molar-refractivity contribution in [3.05, 3.63) is 114 Å². The van der Waals surface area contributed by atoms with Gasteiger partial charge in [-0.25, -0.2) is 0 Å². The van der Waals surface area contributed by atoms with Crippen LogP contribution in [0.15, 0.2) is 103 Å². The Labute approximate surface area is 208 Å². The van der Waals surface area contributed by atoms with Crippen LogP contribution in [0.4, 0.5) is 0 Å². The first kappa shape index (κ1) is 24.5. The zero-order valence-electron chi connectivity index (χ0n) is 20.4. The van der Waals surface area contributed by atoms with Crippen LogP contribution >= 0.6 is 0 Å². The van der Waals surface area contributed by atoms with Crippen LogP contribution < -0.4 is 16.1 Å². The van der Waals surface area contributed by atoms with E-state index < -0.39 is 14.2 Å². The number of primary amides is 1. The van der Waals surface area contributed by atoms with E-state index >= 15 is 0 Å². The van der Waals surface area contributed by atoms with Crippen molar-refractivity contribution in [2.24, 2.45) is 5.73 Å². The minimum Gasteiger partial charge on any atom is -0.508 e. The number of rotatable bonds is 7.